The molecule has 3 rings (SSSR count). The molecule has 148 valence electrons. The number of nitrogens with one attached hydrogen (secondary N) is 1. The molecule has 29 heavy (non-hydrogen) atoms. The number of aromatic nitrogens is 3. The van der Waals surface area contributed by atoms with Crippen LogP contribution in [0.2, 0.25) is 5.02 Å². The Labute approximate surface area is 173 Å². The molecule has 0 aliphatic carbocycles. The molecular weight excluding hydrogens is 390 g/mol. The third-order valence-electron chi connectivity index (χ3n) is 4.12. The Morgan fingerprint density at radius 3 is 2.69 bits per heavy atom. The fourth-order valence-electron chi connectivity index (χ4n) is 2.77. The van der Waals surface area contributed by atoms with E-state index in [1.54, 1.807) is 32.0 Å². The summed E-state index contributed by atoms with van der Waals surface area (Å²) in [6.45, 7) is 5.04. The summed E-state index contributed by atoms with van der Waals surface area (Å²) in [4.78, 5) is 23.5. The Hall–Kier alpha value is -3.34. The molecule has 0 aliphatic heterocycles. The SMILES string of the molecule is Cc1ccc(Cl)cc1-c1[nH]c(-c2nc(N)ncc2C#CC(C)(C)O)cc1C(N)=O. The fourth-order valence-corrected chi connectivity index (χ4v) is 2.94. The van der Waals surface area contributed by atoms with Crippen molar-refractivity contribution in [3.63, 3.8) is 0 Å². The van der Waals surface area contributed by atoms with Gasteiger partial charge in [0.25, 0.3) is 5.91 Å². The van der Waals surface area contributed by atoms with E-state index in [0.717, 1.165) is 11.1 Å². The third-order valence-corrected chi connectivity index (χ3v) is 4.35. The lowest BCUT2D eigenvalue weighted by atomic mass is 10.0. The second kappa shape index (κ2) is 7.59. The zero-order valence-corrected chi connectivity index (χ0v) is 16.9. The molecule has 0 fully saturated rings. The summed E-state index contributed by atoms with van der Waals surface area (Å²) in [5, 5.41) is 10.4. The monoisotopic (exact) mass is 409 g/mol. The topological polar surface area (TPSA) is 131 Å². The van der Waals surface area contributed by atoms with Gasteiger partial charge in [0.05, 0.1) is 22.5 Å². The first-order chi connectivity index (χ1) is 13.5. The Bertz CT molecular complexity index is 1170. The summed E-state index contributed by atoms with van der Waals surface area (Å²) in [5.74, 6) is 5.02. The molecule has 0 saturated carbocycles. The summed E-state index contributed by atoms with van der Waals surface area (Å²) in [5.41, 5.74) is 13.9. The Balaban J connectivity index is 2.23. The molecule has 3 aromatic rings. The molecule has 6 N–H and O–H groups in total. The Kier molecular flexibility index (Phi) is 5.33. The lowest BCUT2D eigenvalue weighted by molar-refractivity contribution is 0.100. The van der Waals surface area contributed by atoms with Crippen LogP contribution in [0.1, 0.15) is 35.3 Å². The van der Waals surface area contributed by atoms with Crippen molar-refractivity contribution in [1.82, 2.24) is 15.0 Å². The third kappa shape index (κ3) is 4.57. The molecule has 0 radical (unpaired) electrons. The number of nitrogens with two attached hydrogens (primary N) is 2. The van der Waals surface area contributed by atoms with E-state index in [2.05, 4.69) is 26.8 Å². The number of nitrogens with zero attached hydrogens (tertiary/aromatic N) is 2. The predicted octanol–water partition coefficient (Wildman–Crippen LogP) is 2.90. The van der Waals surface area contributed by atoms with Crippen LogP contribution in [0.25, 0.3) is 22.6 Å². The molecule has 0 saturated heterocycles. The highest BCUT2D eigenvalue weighted by Crippen LogP contribution is 2.33. The van der Waals surface area contributed by atoms with Gasteiger partial charge in [-0.15, -0.1) is 0 Å². The predicted molar refractivity (Wildman–Crippen MR) is 113 cm³/mol. The number of aliphatic hydroxyl groups is 1. The number of rotatable bonds is 3. The van der Waals surface area contributed by atoms with Crippen molar-refractivity contribution in [2.45, 2.75) is 26.4 Å². The standard InChI is InChI=1S/C21H20ClN5O2/c1-11-4-5-13(22)8-14(11)18-15(19(23)28)9-16(26-18)17-12(6-7-21(2,3)29)10-25-20(24)27-17/h4-5,8-10,26,29H,1-3H3,(H2,23,28)(H2,24,25,27). The molecule has 1 aromatic carbocycles. The van der Waals surface area contributed by atoms with Crippen LogP contribution in [-0.4, -0.2) is 31.6 Å². The fraction of sp³-hybridized carbons (Fsp3) is 0.190. The zero-order valence-electron chi connectivity index (χ0n) is 16.2. The van der Waals surface area contributed by atoms with Crippen LogP contribution >= 0.6 is 11.6 Å². The molecule has 0 bridgehead atoms. The average molecular weight is 410 g/mol. The first kappa shape index (κ1) is 20.4. The van der Waals surface area contributed by atoms with Gasteiger partial charge in [0.15, 0.2) is 0 Å². The van der Waals surface area contributed by atoms with E-state index in [-0.39, 0.29) is 11.5 Å². The summed E-state index contributed by atoms with van der Waals surface area (Å²) in [7, 11) is 0. The highest BCUT2D eigenvalue weighted by Gasteiger charge is 2.20. The highest BCUT2D eigenvalue weighted by atomic mass is 35.5. The van der Waals surface area contributed by atoms with Crippen LogP contribution in [0.3, 0.4) is 0 Å². The molecule has 2 heterocycles. The first-order valence-electron chi connectivity index (χ1n) is 8.73. The second-order valence-corrected chi connectivity index (χ2v) is 7.53. The second-order valence-electron chi connectivity index (χ2n) is 7.09. The number of H-pyrrole nitrogens is 1. The van der Waals surface area contributed by atoms with Gasteiger partial charge in [-0.05, 0) is 44.5 Å². The van der Waals surface area contributed by atoms with Gasteiger partial charge in [0, 0.05) is 16.8 Å². The highest BCUT2D eigenvalue weighted by molar-refractivity contribution is 6.31. The zero-order chi connectivity index (χ0) is 21.3. The maximum atomic E-state index is 12.1. The van der Waals surface area contributed by atoms with Crippen molar-refractivity contribution in [1.29, 1.82) is 0 Å². The number of nitrogen functional groups attached to an aromatic ring is 1. The summed E-state index contributed by atoms with van der Waals surface area (Å²) in [6, 6.07) is 6.97. The number of benzene rings is 1. The van der Waals surface area contributed by atoms with Gasteiger partial charge < -0.3 is 21.6 Å². The number of halogens is 1. The number of hydrogen-bond donors (Lipinski definition) is 4. The van der Waals surface area contributed by atoms with E-state index in [0.29, 0.717) is 27.7 Å². The summed E-state index contributed by atoms with van der Waals surface area (Å²) >= 11 is 6.14. The number of anilines is 1. The van der Waals surface area contributed by atoms with Crippen molar-refractivity contribution in [2.75, 3.05) is 5.73 Å². The number of carbonyl (C=O) groups is 1. The van der Waals surface area contributed by atoms with Crippen LogP contribution < -0.4 is 11.5 Å². The molecular formula is C21H20ClN5O2. The lowest BCUT2D eigenvalue weighted by Crippen LogP contribution is -2.14. The number of aryl methyl sites for hydroxylation is 1. The van der Waals surface area contributed by atoms with E-state index in [1.807, 2.05) is 13.0 Å². The van der Waals surface area contributed by atoms with Crippen LogP contribution in [0.15, 0.2) is 30.5 Å². The quantitative estimate of drug-likeness (QED) is 0.494. The molecule has 0 atom stereocenters. The minimum Gasteiger partial charge on any atom is -0.378 e. The van der Waals surface area contributed by atoms with E-state index >= 15 is 0 Å². The van der Waals surface area contributed by atoms with Crippen molar-refractivity contribution in [2.24, 2.45) is 5.73 Å². The van der Waals surface area contributed by atoms with Crippen LogP contribution in [0, 0.1) is 18.8 Å². The largest absolute Gasteiger partial charge is 0.378 e. The number of primary amides is 1. The molecule has 0 aliphatic rings. The molecule has 0 unspecified atom stereocenters. The van der Waals surface area contributed by atoms with Gasteiger partial charge in [-0.3, -0.25) is 4.79 Å². The maximum absolute atomic E-state index is 12.1. The van der Waals surface area contributed by atoms with Gasteiger partial charge in [-0.25, -0.2) is 9.97 Å². The van der Waals surface area contributed by atoms with Crippen molar-refractivity contribution in [3.05, 3.63) is 52.2 Å². The van der Waals surface area contributed by atoms with Crippen molar-refractivity contribution < 1.29 is 9.90 Å². The van der Waals surface area contributed by atoms with Gasteiger partial charge >= 0.3 is 0 Å². The van der Waals surface area contributed by atoms with Crippen molar-refractivity contribution in [3.8, 4) is 34.5 Å². The van der Waals surface area contributed by atoms with Gasteiger partial charge in [-0.2, -0.15) is 0 Å². The first-order valence-corrected chi connectivity index (χ1v) is 9.11. The maximum Gasteiger partial charge on any atom is 0.250 e. The average Bonchev–Trinajstić information content (AvgIpc) is 3.07. The molecule has 1 amide bonds. The van der Waals surface area contributed by atoms with E-state index in [9.17, 15) is 9.90 Å². The molecule has 8 heteroatoms. The molecule has 0 spiro atoms. The number of aromatic amines is 1. The Morgan fingerprint density at radius 1 is 1.31 bits per heavy atom. The number of amides is 1. The normalized spacial score (nSPS) is 11.1. The van der Waals surface area contributed by atoms with Gasteiger partial charge in [0.2, 0.25) is 5.95 Å². The van der Waals surface area contributed by atoms with Crippen LogP contribution in [0.4, 0.5) is 5.95 Å². The lowest BCUT2D eigenvalue weighted by Gasteiger charge is -2.08. The van der Waals surface area contributed by atoms with E-state index < -0.39 is 11.5 Å². The summed E-state index contributed by atoms with van der Waals surface area (Å²) < 4.78 is 0. The smallest absolute Gasteiger partial charge is 0.250 e. The Morgan fingerprint density at radius 2 is 2.03 bits per heavy atom. The number of carbonyl (C=O) groups excluding carboxylic acids is 1. The van der Waals surface area contributed by atoms with E-state index in [1.165, 1.54) is 6.20 Å². The van der Waals surface area contributed by atoms with Crippen molar-refractivity contribution >= 4 is 23.5 Å². The summed E-state index contributed by atoms with van der Waals surface area (Å²) in [6.07, 6.45) is 1.46. The van der Waals surface area contributed by atoms with Crippen LogP contribution in [-0.2, 0) is 0 Å². The van der Waals surface area contributed by atoms with Crippen LogP contribution in [0.5, 0.6) is 0 Å². The van der Waals surface area contributed by atoms with Gasteiger partial charge in [0.1, 0.15) is 11.3 Å². The number of hydrogen-bond acceptors (Lipinski definition) is 5. The van der Waals surface area contributed by atoms with E-state index in [4.69, 9.17) is 23.1 Å². The minimum absolute atomic E-state index is 0.0459. The molecule has 7 nitrogen and oxygen atoms in total. The van der Waals surface area contributed by atoms with Gasteiger partial charge in [-0.1, -0.05) is 29.5 Å². The molecule has 2 aromatic heterocycles. The minimum atomic E-state index is -1.20.